The minimum Gasteiger partial charge on any atom is -0.497 e. The van der Waals surface area contributed by atoms with E-state index < -0.39 is 24.6 Å². The Morgan fingerprint density at radius 1 is 1.21 bits per heavy atom. The van der Waals surface area contributed by atoms with Gasteiger partial charge in [0.1, 0.15) is 24.1 Å². The Hall–Kier alpha value is -1.18. The highest BCUT2D eigenvalue weighted by Gasteiger charge is 2.38. The lowest BCUT2D eigenvalue weighted by Gasteiger charge is -2.35. The molecule has 1 saturated heterocycles. The molecule has 0 aliphatic carbocycles. The van der Waals surface area contributed by atoms with Crippen molar-refractivity contribution in [1.82, 2.24) is 0 Å². The molecule has 1 aliphatic rings. The average molecular weight is 270 g/mol. The third-order valence-electron chi connectivity index (χ3n) is 3.05. The van der Waals surface area contributed by atoms with E-state index in [0.717, 1.165) is 11.3 Å². The standard InChI is InChI=1S/C13H18O6/c1-17-9-4-2-8(3-5-9)6-18-12-10(14)7-19-13(16)11(12)15/h2-5,10-16H,6-7H2,1H3/t10-,11+,12-,13+/m0/s1. The van der Waals surface area contributed by atoms with Crippen LogP contribution in [0.5, 0.6) is 5.75 Å². The van der Waals surface area contributed by atoms with Gasteiger partial charge in [0.15, 0.2) is 6.29 Å². The summed E-state index contributed by atoms with van der Waals surface area (Å²) in [5.41, 5.74) is 0.876. The van der Waals surface area contributed by atoms with Gasteiger partial charge in [0.05, 0.1) is 20.3 Å². The second-order valence-corrected chi connectivity index (χ2v) is 4.41. The van der Waals surface area contributed by atoms with Crippen LogP contribution in [0.1, 0.15) is 5.56 Å². The molecule has 1 aliphatic heterocycles. The summed E-state index contributed by atoms with van der Waals surface area (Å²) in [7, 11) is 1.58. The smallest absolute Gasteiger partial charge is 0.183 e. The third-order valence-corrected chi connectivity index (χ3v) is 3.05. The summed E-state index contributed by atoms with van der Waals surface area (Å²) < 4.78 is 15.3. The van der Waals surface area contributed by atoms with Gasteiger partial charge in [0, 0.05) is 0 Å². The van der Waals surface area contributed by atoms with Crippen LogP contribution in [-0.2, 0) is 16.1 Å². The van der Waals surface area contributed by atoms with Gasteiger partial charge in [0.25, 0.3) is 0 Å². The first-order valence-electron chi connectivity index (χ1n) is 6.02. The number of aliphatic hydroxyl groups is 3. The van der Waals surface area contributed by atoms with E-state index >= 15 is 0 Å². The van der Waals surface area contributed by atoms with Gasteiger partial charge in [-0.15, -0.1) is 0 Å². The highest BCUT2D eigenvalue weighted by molar-refractivity contribution is 5.26. The average Bonchev–Trinajstić information content (AvgIpc) is 2.44. The van der Waals surface area contributed by atoms with Crippen LogP contribution in [0.3, 0.4) is 0 Å². The van der Waals surface area contributed by atoms with Crippen molar-refractivity contribution in [1.29, 1.82) is 0 Å². The molecule has 1 aromatic rings. The summed E-state index contributed by atoms with van der Waals surface area (Å²) in [5, 5.41) is 28.7. The molecule has 0 bridgehead atoms. The molecular weight excluding hydrogens is 252 g/mol. The Morgan fingerprint density at radius 3 is 2.53 bits per heavy atom. The summed E-state index contributed by atoms with van der Waals surface area (Å²) in [5.74, 6) is 0.741. The van der Waals surface area contributed by atoms with E-state index in [0.29, 0.717) is 0 Å². The Morgan fingerprint density at radius 2 is 1.89 bits per heavy atom. The normalized spacial score (nSPS) is 31.2. The topological polar surface area (TPSA) is 88.4 Å². The largest absolute Gasteiger partial charge is 0.497 e. The quantitative estimate of drug-likeness (QED) is 0.693. The van der Waals surface area contributed by atoms with E-state index in [1.807, 2.05) is 12.1 Å². The minimum atomic E-state index is -1.33. The van der Waals surface area contributed by atoms with Crippen LogP contribution in [0.15, 0.2) is 24.3 Å². The van der Waals surface area contributed by atoms with Gasteiger partial charge in [0.2, 0.25) is 0 Å². The lowest BCUT2D eigenvalue weighted by Crippen LogP contribution is -2.53. The van der Waals surface area contributed by atoms with Crippen molar-refractivity contribution >= 4 is 0 Å². The maximum Gasteiger partial charge on any atom is 0.183 e. The van der Waals surface area contributed by atoms with Crippen LogP contribution in [0.2, 0.25) is 0 Å². The van der Waals surface area contributed by atoms with E-state index in [1.54, 1.807) is 19.2 Å². The first-order chi connectivity index (χ1) is 9.11. The molecule has 0 unspecified atom stereocenters. The maximum atomic E-state index is 9.69. The fourth-order valence-corrected chi connectivity index (χ4v) is 1.90. The summed E-state index contributed by atoms with van der Waals surface area (Å²) in [6.07, 6.45) is -4.42. The second-order valence-electron chi connectivity index (χ2n) is 4.41. The molecule has 2 rings (SSSR count). The van der Waals surface area contributed by atoms with Gasteiger partial charge in [-0.1, -0.05) is 12.1 Å². The number of ether oxygens (including phenoxy) is 3. The van der Waals surface area contributed by atoms with E-state index in [2.05, 4.69) is 0 Å². The highest BCUT2D eigenvalue weighted by atomic mass is 16.6. The molecule has 4 atom stereocenters. The third kappa shape index (κ3) is 3.43. The highest BCUT2D eigenvalue weighted by Crippen LogP contribution is 2.19. The molecule has 6 heteroatoms. The van der Waals surface area contributed by atoms with Crippen LogP contribution in [0.25, 0.3) is 0 Å². The predicted molar refractivity (Wildman–Crippen MR) is 65.5 cm³/mol. The van der Waals surface area contributed by atoms with Crippen LogP contribution in [0.4, 0.5) is 0 Å². The van der Waals surface area contributed by atoms with Gasteiger partial charge in [-0.25, -0.2) is 0 Å². The van der Waals surface area contributed by atoms with Crippen molar-refractivity contribution < 1.29 is 29.5 Å². The van der Waals surface area contributed by atoms with Crippen molar-refractivity contribution in [2.24, 2.45) is 0 Å². The molecular formula is C13H18O6. The molecule has 1 fully saturated rings. The van der Waals surface area contributed by atoms with Crippen LogP contribution in [0, 0.1) is 0 Å². The van der Waals surface area contributed by atoms with E-state index in [1.165, 1.54) is 0 Å². The molecule has 106 valence electrons. The lowest BCUT2D eigenvalue weighted by atomic mass is 10.1. The minimum absolute atomic E-state index is 0.0640. The second kappa shape index (κ2) is 6.31. The Kier molecular flexibility index (Phi) is 4.73. The summed E-state index contributed by atoms with van der Waals surface area (Å²) in [4.78, 5) is 0. The van der Waals surface area contributed by atoms with Gasteiger partial charge >= 0.3 is 0 Å². The first kappa shape index (κ1) is 14.2. The number of benzene rings is 1. The fraction of sp³-hybridized carbons (Fsp3) is 0.538. The zero-order chi connectivity index (χ0) is 13.8. The van der Waals surface area contributed by atoms with Gasteiger partial charge in [-0.3, -0.25) is 0 Å². The summed E-state index contributed by atoms with van der Waals surface area (Å²) >= 11 is 0. The molecule has 1 aromatic carbocycles. The SMILES string of the molecule is COc1ccc(CO[C@@H]2[C@@H](O)[C@H](O)OC[C@@H]2O)cc1. The van der Waals surface area contributed by atoms with Crippen molar-refractivity contribution in [3.63, 3.8) is 0 Å². The number of hydrogen-bond donors (Lipinski definition) is 3. The van der Waals surface area contributed by atoms with Gasteiger partial charge in [-0.05, 0) is 17.7 Å². The molecule has 0 saturated carbocycles. The molecule has 6 nitrogen and oxygen atoms in total. The number of rotatable bonds is 4. The molecule has 0 spiro atoms. The Bertz CT molecular complexity index is 393. The maximum absolute atomic E-state index is 9.69. The molecule has 3 N–H and O–H groups in total. The van der Waals surface area contributed by atoms with Crippen LogP contribution < -0.4 is 4.74 Å². The Balaban J connectivity index is 1.92. The van der Waals surface area contributed by atoms with Crippen LogP contribution in [-0.4, -0.2) is 53.6 Å². The van der Waals surface area contributed by atoms with E-state index in [-0.39, 0.29) is 13.2 Å². The fourth-order valence-electron chi connectivity index (χ4n) is 1.90. The monoisotopic (exact) mass is 270 g/mol. The van der Waals surface area contributed by atoms with Crippen LogP contribution >= 0.6 is 0 Å². The summed E-state index contributed by atoms with van der Waals surface area (Å²) in [6, 6.07) is 7.25. The van der Waals surface area contributed by atoms with Crippen molar-refractivity contribution in [3.05, 3.63) is 29.8 Å². The van der Waals surface area contributed by atoms with E-state index in [9.17, 15) is 15.3 Å². The first-order valence-corrected chi connectivity index (χ1v) is 6.02. The van der Waals surface area contributed by atoms with Crippen molar-refractivity contribution in [2.45, 2.75) is 31.2 Å². The lowest BCUT2D eigenvalue weighted by molar-refractivity contribution is -0.264. The van der Waals surface area contributed by atoms with Crippen molar-refractivity contribution in [3.8, 4) is 5.75 Å². The van der Waals surface area contributed by atoms with E-state index in [4.69, 9.17) is 14.2 Å². The molecule has 0 radical (unpaired) electrons. The molecule has 0 aromatic heterocycles. The number of hydrogen-bond acceptors (Lipinski definition) is 6. The predicted octanol–water partition coefficient (Wildman–Crippen LogP) is -0.349. The number of aliphatic hydroxyl groups excluding tert-OH is 3. The van der Waals surface area contributed by atoms with Crippen molar-refractivity contribution in [2.75, 3.05) is 13.7 Å². The zero-order valence-electron chi connectivity index (χ0n) is 10.6. The zero-order valence-corrected chi connectivity index (χ0v) is 10.6. The molecule has 0 amide bonds. The molecule has 19 heavy (non-hydrogen) atoms. The number of methoxy groups -OCH3 is 1. The van der Waals surface area contributed by atoms with Gasteiger partial charge < -0.3 is 29.5 Å². The van der Waals surface area contributed by atoms with Gasteiger partial charge in [-0.2, -0.15) is 0 Å². The Labute approximate surface area is 111 Å². The molecule has 1 heterocycles. The summed E-state index contributed by atoms with van der Waals surface area (Å²) in [6.45, 7) is 0.154.